The Morgan fingerprint density at radius 1 is 1.20 bits per heavy atom. The Bertz CT molecular complexity index is 200. The molecule has 4 heteroatoms. The van der Waals surface area contributed by atoms with Gasteiger partial charge in [0.2, 0.25) is 0 Å². The van der Waals surface area contributed by atoms with Crippen molar-refractivity contribution in [2.24, 2.45) is 5.16 Å². The summed E-state index contributed by atoms with van der Waals surface area (Å²) in [5, 5.41) is 12.4. The number of ketones is 1. The molecule has 1 aliphatic carbocycles. The van der Waals surface area contributed by atoms with Crippen LogP contribution in [-0.4, -0.2) is 11.5 Å². The van der Waals surface area contributed by atoms with E-state index in [0.29, 0.717) is 0 Å². The molecule has 0 saturated carbocycles. The minimum atomic E-state index is -0.109. The summed E-state index contributed by atoms with van der Waals surface area (Å²) < 4.78 is 0. The first-order valence-electron chi connectivity index (χ1n) is 2.43. The van der Waals surface area contributed by atoms with Crippen LogP contribution in [0.2, 0.25) is 0 Å². The summed E-state index contributed by atoms with van der Waals surface area (Å²) in [6, 6.07) is 0. The van der Waals surface area contributed by atoms with E-state index in [1.54, 1.807) is 0 Å². The number of carbonyl (C=O) groups is 1. The maximum atomic E-state index is 10.4. The summed E-state index contributed by atoms with van der Waals surface area (Å²) in [5.74, 6) is -0.109. The molecule has 0 bridgehead atoms. The van der Waals surface area contributed by atoms with E-state index in [4.69, 9.17) is 0 Å². The summed E-state index contributed by atoms with van der Waals surface area (Å²) in [6.07, 6.45) is 5.37. The number of carbonyl (C=O) groups excluding carboxylic acids is 1. The fraction of sp³-hybridized carbons (Fsp3) is 0. The summed E-state index contributed by atoms with van der Waals surface area (Å²) in [6.45, 7) is 0. The third-order valence-electron chi connectivity index (χ3n) is 0.942. The monoisotopic (exact) mass is 255 g/mol. The van der Waals surface area contributed by atoms with Crippen molar-refractivity contribution in [1.29, 1.82) is 0 Å². The molecule has 1 rings (SSSR count). The predicted molar refractivity (Wildman–Crippen MR) is 34.1 cm³/mol. The van der Waals surface area contributed by atoms with Gasteiger partial charge in [-0.05, 0) is 24.3 Å². The van der Waals surface area contributed by atoms with E-state index in [9.17, 15) is 10.0 Å². The SMILES string of the molecule is O=C1C=CC(=N[O-])C=C1.[Cs+]. The molecule has 0 aromatic carbocycles. The fourth-order valence-corrected chi connectivity index (χ4v) is 0.507. The molecule has 0 unspecified atom stereocenters. The Hall–Kier alpha value is 0.672. The van der Waals surface area contributed by atoms with E-state index in [1.807, 2.05) is 0 Å². The standard InChI is InChI=1S/C6H5NO2.Cs/c8-6-3-1-5(7-9)2-4-6;/h1-4,9H;/q;+1/p-1. The van der Waals surface area contributed by atoms with Gasteiger partial charge in [0.15, 0.2) is 5.78 Å². The van der Waals surface area contributed by atoms with E-state index in [2.05, 4.69) is 5.16 Å². The maximum absolute atomic E-state index is 10.4. The molecule has 0 radical (unpaired) electrons. The summed E-state index contributed by atoms with van der Waals surface area (Å²) >= 11 is 0. The van der Waals surface area contributed by atoms with Gasteiger partial charge in [-0.25, -0.2) is 0 Å². The molecule has 0 aliphatic heterocycles. The van der Waals surface area contributed by atoms with Gasteiger partial charge in [0, 0.05) is 0 Å². The van der Waals surface area contributed by atoms with E-state index < -0.39 is 0 Å². The van der Waals surface area contributed by atoms with Crippen molar-refractivity contribution in [3.05, 3.63) is 29.5 Å². The predicted octanol–water partition coefficient (Wildman–Crippen LogP) is -2.38. The second-order valence-electron chi connectivity index (χ2n) is 1.59. The van der Waals surface area contributed by atoms with Crippen LogP contribution in [0.5, 0.6) is 0 Å². The second kappa shape index (κ2) is 5.34. The third-order valence-corrected chi connectivity index (χ3v) is 0.942. The Morgan fingerprint density at radius 3 is 2.10 bits per heavy atom. The van der Waals surface area contributed by atoms with Crippen LogP contribution in [0.15, 0.2) is 29.5 Å². The zero-order valence-corrected chi connectivity index (χ0v) is 11.9. The molecule has 0 saturated heterocycles. The largest absolute Gasteiger partial charge is 1.00 e. The van der Waals surface area contributed by atoms with Gasteiger partial charge in [-0.1, -0.05) is 0 Å². The fourth-order valence-electron chi connectivity index (χ4n) is 0.507. The number of hydrogen-bond acceptors (Lipinski definition) is 3. The van der Waals surface area contributed by atoms with Crippen LogP contribution in [0.4, 0.5) is 0 Å². The zero-order chi connectivity index (χ0) is 6.69. The van der Waals surface area contributed by atoms with E-state index in [0.717, 1.165) is 0 Å². The zero-order valence-electron chi connectivity index (χ0n) is 5.57. The molecule has 0 spiro atoms. The third kappa shape index (κ3) is 3.18. The van der Waals surface area contributed by atoms with Crippen molar-refractivity contribution in [3.8, 4) is 0 Å². The minimum absolute atomic E-state index is 0. The van der Waals surface area contributed by atoms with Gasteiger partial charge < -0.3 is 10.4 Å². The normalized spacial score (nSPS) is 14.8. The van der Waals surface area contributed by atoms with Crippen LogP contribution in [0, 0.1) is 5.21 Å². The first kappa shape index (κ1) is 10.7. The van der Waals surface area contributed by atoms with Gasteiger partial charge in [-0.3, -0.25) is 4.79 Å². The van der Waals surface area contributed by atoms with Crippen LogP contribution in [0.1, 0.15) is 0 Å². The number of nitrogens with zero attached hydrogens (tertiary/aromatic N) is 1. The molecule has 0 amide bonds. The topological polar surface area (TPSA) is 52.5 Å². The number of rotatable bonds is 0. The Morgan fingerprint density at radius 2 is 1.70 bits per heavy atom. The van der Waals surface area contributed by atoms with Crippen LogP contribution in [0.25, 0.3) is 0 Å². The van der Waals surface area contributed by atoms with Gasteiger partial charge in [-0.15, -0.1) is 0 Å². The van der Waals surface area contributed by atoms with E-state index in [-0.39, 0.29) is 80.4 Å². The maximum Gasteiger partial charge on any atom is 1.00 e. The first-order chi connectivity index (χ1) is 4.33. The smallest absolute Gasteiger partial charge is 0.792 e. The van der Waals surface area contributed by atoms with Crippen LogP contribution in [0.3, 0.4) is 0 Å². The Kier molecular flexibility index (Phi) is 5.70. The molecule has 0 fully saturated rings. The molecule has 3 nitrogen and oxygen atoms in total. The molecule has 46 valence electrons. The molecule has 1 aliphatic rings. The van der Waals surface area contributed by atoms with Gasteiger partial charge in [-0.2, -0.15) is 0 Å². The Labute approximate surface area is 117 Å². The van der Waals surface area contributed by atoms with Crippen LogP contribution in [-0.2, 0) is 4.79 Å². The van der Waals surface area contributed by atoms with E-state index in [1.165, 1.54) is 24.3 Å². The Balaban J connectivity index is 0.000000810. The van der Waals surface area contributed by atoms with Gasteiger partial charge in [0.1, 0.15) is 0 Å². The summed E-state index contributed by atoms with van der Waals surface area (Å²) in [5.41, 5.74) is 0.287. The van der Waals surface area contributed by atoms with Crippen LogP contribution < -0.4 is 68.9 Å². The summed E-state index contributed by atoms with van der Waals surface area (Å²) in [7, 11) is 0. The number of allylic oxidation sites excluding steroid dienone is 4. The molecular weight excluding hydrogens is 251 g/mol. The molecular formula is C6H4CsNO2. The summed E-state index contributed by atoms with van der Waals surface area (Å²) in [4.78, 5) is 10.4. The van der Waals surface area contributed by atoms with Crippen LogP contribution >= 0.6 is 0 Å². The molecule has 0 heterocycles. The van der Waals surface area contributed by atoms with Crippen molar-refractivity contribution in [1.82, 2.24) is 0 Å². The molecule has 0 N–H and O–H groups in total. The van der Waals surface area contributed by atoms with Crippen molar-refractivity contribution < 1.29 is 73.7 Å². The van der Waals surface area contributed by atoms with Gasteiger partial charge >= 0.3 is 68.9 Å². The molecule has 0 aromatic heterocycles. The quantitative estimate of drug-likeness (QED) is 0.358. The minimum Gasteiger partial charge on any atom is -0.792 e. The van der Waals surface area contributed by atoms with Crippen molar-refractivity contribution >= 4 is 11.5 Å². The van der Waals surface area contributed by atoms with E-state index >= 15 is 0 Å². The molecule has 10 heavy (non-hydrogen) atoms. The van der Waals surface area contributed by atoms with Crippen molar-refractivity contribution in [2.45, 2.75) is 0 Å². The molecule has 0 atom stereocenters. The van der Waals surface area contributed by atoms with Gasteiger partial charge in [0.25, 0.3) is 0 Å². The number of hydrogen-bond donors (Lipinski definition) is 0. The van der Waals surface area contributed by atoms with Crippen molar-refractivity contribution in [2.75, 3.05) is 0 Å². The van der Waals surface area contributed by atoms with Crippen molar-refractivity contribution in [3.63, 3.8) is 0 Å². The second-order valence-corrected chi connectivity index (χ2v) is 1.59. The first-order valence-corrected chi connectivity index (χ1v) is 2.43. The van der Waals surface area contributed by atoms with Gasteiger partial charge in [0.05, 0.1) is 5.71 Å². The average molecular weight is 255 g/mol. The average Bonchev–Trinajstić information content (AvgIpc) is 1.90. The molecule has 0 aromatic rings.